The number of hydrogen-bond acceptors (Lipinski definition) is 2. The highest BCUT2D eigenvalue weighted by Gasteiger charge is 2.23. The molecule has 5 heteroatoms. The average Bonchev–Trinajstić information content (AvgIpc) is 2.41. The topological polar surface area (TPSA) is 69.6 Å². The van der Waals surface area contributed by atoms with Gasteiger partial charge in [-0.25, -0.2) is 4.79 Å². The Morgan fingerprint density at radius 1 is 1.20 bits per heavy atom. The largest absolute Gasteiger partial charge is 0.481 e. The van der Waals surface area contributed by atoms with Gasteiger partial charge in [0.05, 0.1) is 6.42 Å². The van der Waals surface area contributed by atoms with Crippen LogP contribution in [0.25, 0.3) is 0 Å². The lowest BCUT2D eigenvalue weighted by Crippen LogP contribution is -2.46. The molecule has 0 atom stereocenters. The Balaban J connectivity index is 2.32. The van der Waals surface area contributed by atoms with E-state index in [-0.39, 0.29) is 25.0 Å². The zero-order chi connectivity index (χ0) is 15.0. The molecule has 2 amide bonds. The summed E-state index contributed by atoms with van der Waals surface area (Å²) in [5.41, 5.74) is 0. The monoisotopic (exact) mass is 284 g/mol. The number of carboxylic acid groups (broad SMARTS) is 1. The van der Waals surface area contributed by atoms with Crippen LogP contribution in [0.1, 0.15) is 58.8 Å². The number of nitrogens with zero attached hydrogens (tertiary/aromatic N) is 1. The first-order valence-corrected chi connectivity index (χ1v) is 7.84. The van der Waals surface area contributed by atoms with Crippen molar-refractivity contribution in [2.24, 2.45) is 5.92 Å². The zero-order valence-electron chi connectivity index (χ0n) is 12.7. The van der Waals surface area contributed by atoms with E-state index in [2.05, 4.69) is 12.2 Å². The van der Waals surface area contributed by atoms with Crippen molar-refractivity contribution in [3.63, 3.8) is 0 Å². The van der Waals surface area contributed by atoms with Crippen LogP contribution in [0.4, 0.5) is 4.79 Å². The fraction of sp³-hybridized carbons (Fsp3) is 0.867. The van der Waals surface area contributed by atoms with Gasteiger partial charge in [-0.3, -0.25) is 4.79 Å². The number of nitrogens with one attached hydrogen (secondary N) is 1. The Labute approximate surface area is 121 Å². The normalized spacial score (nSPS) is 22.3. The minimum atomic E-state index is -0.865. The number of carbonyl (C=O) groups excluding carboxylic acids is 1. The van der Waals surface area contributed by atoms with Gasteiger partial charge in [0, 0.05) is 19.1 Å². The standard InChI is InChI=1S/C15H28N2O3/c1-3-5-12-6-8-13(9-7-12)16-15(20)17(4-2)11-10-14(18)19/h12-13H,3-11H2,1-2H3,(H,16,20)(H,18,19). The third-order valence-electron chi connectivity index (χ3n) is 4.14. The minimum absolute atomic E-state index is 0.00447. The van der Waals surface area contributed by atoms with Crippen molar-refractivity contribution >= 4 is 12.0 Å². The van der Waals surface area contributed by atoms with Gasteiger partial charge in [0.1, 0.15) is 0 Å². The van der Waals surface area contributed by atoms with Crippen LogP contribution < -0.4 is 5.32 Å². The van der Waals surface area contributed by atoms with Crippen LogP contribution in [-0.4, -0.2) is 41.1 Å². The summed E-state index contributed by atoms with van der Waals surface area (Å²) in [6.45, 7) is 4.92. The molecule has 5 nitrogen and oxygen atoms in total. The number of amides is 2. The lowest BCUT2D eigenvalue weighted by Gasteiger charge is -2.31. The number of hydrogen-bond donors (Lipinski definition) is 2. The summed E-state index contributed by atoms with van der Waals surface area (Å²) in [6.07, 6.45) is 7.02. The molecule has 0 spiro atoms. The molecule has 116 valence electrons. The van der Waals surface area contributed by atoms with Crippen molar-refractivity contribution in [2.45, 2.75) is 64.8 Å². The van der Waals surface area contributed by atoms with Crippen LogP contribution in [0.5, 0.6) is 0 Å². The number of carbonyl (C=O) groups is 2. The maximum absolute atomic E-state index is 12.1. The van der Waals surface area contributed by atoms with Crippen molar-refractivity contribution < 1.29 is 14.7 Å². The first-order valence-electron chi connectivity index (χ1n) is 7.84. The molecule has 0 saturated heterocycles. The Hall–Kier alpha value is -1.26. The van der Waals surface area contributed by atoms with Crippen LogP contribution in [0.2, 0.25) is 0 Å². The van der Waals surface area contributed by atoms with Crippen LogP contribution in [0.3, 0.4) is 0 Å². The molecular formula is C15H28N2O3. The van der Waals surface area contributed by atoms with E-state index in [0.29, 0.717) is 6.54 Å². The third kappa shape index (κ3) is 5.80. The van der Waals surface area contributed by atoms with E-state index >= 15 is 0 Å². The van der Waals surface area contributed by atoms with Crippen molar-refractivity contribution in [1.82, 2.24) is 10.2 Å². The third-order valence-corrected chi connectivity index (χ3v) is 4.14. The summed E-state index contributed by atoms with van der Waals surface area (Å²) >= 11 is 0. The van der Waals surface area contributed by atoms with Crippen LogP contribution in [0.15, 0.2) is 0 Å². The number of aliphatic carboxylic acids is 1. The number of carboxylic acids is 1. The SMILES string of the molecule is CCCC1CCC(NC(=O)N(CC)CCC(=O)O)CC1. The van der Waals surface area contributed by atoms with E-state index < -0.39 is 5.97 Å². The highest BCUT2D eigenvalue weighted by Crippen LogP contribution is 2.27. The first kappa shape index (κ1) is 16.8. The van der Waals surface area contributed by atoms with E-state index in [1.54, 1.807) is 4.90 Å². The second-order valence-electron chi connectivity index (χ2n) is 5.68. The second kappa shape index (κ2) is 8.82. The maximum atomic E-state index is 12.1. The molecule has 0 aromatic carbocycles. The lowest BCUT2D eigenvalue weighted by molar-refractivity contribution is -0.137. The van der Waals surface area contributed by atoms with Gasteiger partial charge in [-0.05, 0) is 38.5 Å². The van der Waals surface area contributed by atoms with E-state index in [4.69, 9.17) is 5.11 Å². The molecule has 1 fully saturated rings. The molecule has 0 aromatic heterocycles. The van der Waals surface area contributed by atoms with Gasteiger partial charge in [-0.2, -0.15) is 0 Å². The highest BCUT2D eigenvalue weighted by atomic mass is 16.4. The molecule has 1 saturated carbocycles. The second-order valence-corrected chi connectivity index (χ2v) is 5.68. The number of rotatable bonds is 7. The Morgan fingerprint density at radius 2 is 1.85 bits per heavy atom. The fourth-order valence-corrected chi connectivity index (χ4v) is 2.90. The molecular weight excluding hydrogens is 256 g/mol. The molecule has 0 aromatic rings. The van der Waals surface area contributed by atoms with Crippen molar-refractivity contribution in [3.05, 3.63) is 0 Å². The summed E-state index contributed by atoms with van der Waals surface area (Å²) in [5.74, 6) is -0.0428. The molecule has 0 aliphatic heterocycles. The minimum Gasteiger partial charge on any atom is -0.481 e. The van der Waals surface area contributed by atoms with Gasteiger partial charge in [0.2, 0.25) is 0 Å². The van der Waals surface area contributed by atoms with Gasteiger partial charge < -0.3 is 15.3 Å². The lowest BCUT2D eigenvalue weighted by atomic mass is 9.83. The predicted octanol–water partition coefficient (Wildman–Crippen LogP) is 2.85. The zero-order valence-corrected chi connectivity index (χ0v) is 12.7. The van der Waals surface area contributed by atoms with E-state index in [1.807, 2.05) is 6.92 Å². The van der Waals surface area contributed by atoms with Gasteiger partial charge in [-0.15, -0.1) is 0 Å². The van der Waals surface area contributed by atoms with Crippen LogP contribution >= 0.6 is 0 Å². The van der Waals surface area contributed by atoms with E-state index in [0.717, 1.165) is 18.8 Å². The molecule has 0 radical (unpaired) electrons. The van der Waals surface area contributed by atoms with Gasteiger partial charge in [-0.1, -0.05) is 19.8 Å². The molecule has 1 rings (SSSR count). The summed E-state index contributed by atoms with van der Waals surface area (Å²) < 4.78 is 0. The predicted molar refractivity (Wildman–Crippen MR) is 78.7 cm³/mol. The Morgan fingerprint density at radius 3 is 2.35 bits per heavy atom. The smallest absolute Gasteiger partial charge is 0.317 e. The van der Waals surface area contributed by atoms with Crippen molar-refractivity contribution in [2.75, 3.05) is 13.1 Å². The first-order chi connectivity index (χ1) is 9.56. The molecule has 2 N–H and O–H groups in total. The average molecular weight is 284 g/mol. The summed E-state index contributed by atoms with van der Waals surface area (Å²) in [6, 6.07) is 0.141. The van der Waals surface area contributed by atoms with E-state index in [1.165, 1.54) is 25.7 Å². The van der Waals surface area contributed by atoms with Gasteiger partial charge >= 0.3 is 12.0 Å². The Kier molecular flexibility index (Phi) is 7.41. The molecule has 1 aliphatic carbocycles. The molecule has 0 heterocycles. The van der Waals surface area contributed by atoms with Gasteiger partial charge in [0.15, 0.2) is 0 Å². The quantitative estimate of drug-likeness (QED) is 0.755. The van der Waals surface area contributed by atoms with Crippen LogP contribution in [-0.2, 0) is 4.79 Å². The molecule has 0 unspecified atom stereocenters. The van der Waals surface area contributed by atoms with E-state index in [9.17, 15) is 9.59 Å². The van der Waals surface area contributed by atoms with Crippen molar-refractivity contribution in [1.29, 1.82) is 0 Å². The molecule has 0 bridgehead atoms. The van der Waals surface area contributed by atoms with Crippen LogP contribution in [0, 0.1) is 5.92 Å². The fourth-order valence-electron chi connectivity index (χ4n) is 2.90. The number of urea groups is 1. The summed E-state index contributed by atoms with van der Waals surface area (Å²) in [4.78, 5) is 24.2. The molecule has 20 heavy (non-hydrogen) atoms. The van der Waals surface area contributed by atoms with Crippen molar-refractivity contribution in [3.8, 4) is 0 Å². The maximum Gasteiger partial charge on any atom is 0.317 e. The summed E-state index contributed by atoms with van der Waals surface area (Å²) in [5, 5.41) is 11.7. The highest BCUT2D eigenvalue weighted by molar-refractivity contribution is 5.75. The Bertz CT molecular complexity index is 312. The molecule has 1 aliphatic rings. The summed E-state index contributed by atoms with van der Waals surface area (Å²) in [7, 11) is 0. The van der Waals surface area contributed by atoms with Gasteiger partial charge in [0.25, 0.3) is 0 Å².